The highest BCUT2D eigenvalue weighted by atomic mass is 16.1. The van der Waals surface area contributed by atoms with Crippen LogP contribution in [0.3, 0.4) is 0 Å². The van der Waals surface area contributed by atoms with Crippen molar-refractivity contribution in [1.82, 2.24) is 5.32 Å². The Morgan fingerprint density at radius 1 is 1.11 bits per heavy atom. The molecular weight excluding hydrogens is 226 g/mol. The molecule has 1 N–H and O–H groups in total. The van der Waals surface area contributed by atoms with E-state index in [1.54, 1.807) is 0 Å². The third-order valence-corrected chi connectivity index (χ3v) is 3.00. The first-order valence-electron chi connectivity index (χ1n) is 6.50. The van der Waals surface area contributed by atoms with Crippen molar-refractivity contribution in [1.29, 1.82) is 0 Å². The molecule has 0 aliphatic heterocycles. The van der Waals surface area contributed by atoms with E-state index < -0.39 is 0 Å². The number of hydrogen-bond acceptors (Lipinski definition) is 2. The molecule has 0 saturated heterocycles. The zero-order chi connectivity index (χ0) is 13.4. The van der Waals surface area contributed by atoms with E-state index >= 15 is 0 Å². The van der Waals surface area contributed by atoms with E-state index in [1.807, 2.05) is 44.2 Å². The van der Waals surface area contributed by atoms with Crippen molar-refractivity contribution < 1.29 is 9.59 Å². The van der Waals surface area contributed by atoms with E-state index in [2.05, 4.69) is 5.32 Å². The van der Waals surface area contributed by atoms with Crippen molar-refractivity contribution in [2.24, 2.45) is 5.92 Å². The molecule has 0 heterocycles. The summed E-state index contributed by atoms with van der Waals surface area (Å²) in [4.78, 5) is 23.1. The minimum Gasteiger partial charge on any atom is -0.355 e. The molecule has 1 aromatic carbocycles. The molecule has 0 fully saturated rings. The van der Waals surface area contributed by atoms with Gasteiger partial charge in [0, 0.05) is 25.3 Å². The topological polar surface area (TPSA) is 46.2 Å². The lowest BCUT2D eigenvalue weighted by molar-refractivity contribution is -0.123. The van der Waals surface area contributed by atoms with Gasteiger partial charge in [0.2, 0.25) is 5.91 Å². The second-order valence-corrected chi connectivity index (χ2v) is 4.36. The first-order chi connectivity index (χ1) is 8.67. The van der Waals surface area contributed by atoms with E-state index in [0.29, 0.717) is 25.8 Å². The van der Waals surface area contributed by atoms with Crippen molar-refractivity contribution in [3.8, 4) is 0 Å². The van der Waals surface area contributed by atoms with E-state index in [1.165, 1.54) is 0 Å². The van der Waals surface area contributed by atoms with Crippen LogP contribution in [0.1, 0.15) is 32.3 Å². The molecule has 0 saturated carbocycles. The maximum Gasteiger partial charge on any atom is 0.219 e. The predicted octanol–water partition coefficient (Wildman–Crippen LogP) is 2.35. The number of carbonyl (C=O) groups excluding carboxylic acids is 2. The molecule has 0 aromatic heterocycles. The number of rotatable bonds is 7. The van der Waals surface area contributed by atoms with Crippen LogP contribution in [0, 0.1) is 5.92 Å². The number of ketones is 1. The van der Waals surface area contributed by atoms with Gasteiger partial charge in [-0.1, -0.05) is 44.2 Å². The summed E-state index contributed by atoms with van der Waals surface area (Å²) in [6.07, 6.45) is 1.66. The number of carbonyl (C=O) groups is 2. The summed E-state index contributed by atoms with van der Waals surface area (Å²) in [5, 5.41) is 2.81. The zero-order valence-corrected chi connectivity index (χ0v) is 11.1. The van der Waals surface area contributed by atoms with Gasteiger partial charge in [-0.25, -0.2) is 0 Å². The van der Waals surface area contributed by atoms with E-state index in [0.717, 1.165) is 5.56 Å². The van der Waals surface area contributed by atoms with Gasteiger partial charge in [0.15, 0.2) is 0 Å². The molecule has 1 aromatic rings. The Balaban J connectivity index is 2.61. The standard InChI is InChI=1S/C15H21NO2/c1-3-14(17)13(11-16-15(18)4-2)10-12-8-6-5-7-9-12/h5-9,13H,3-4,10-11H2,1-2H3,(H,16,18)/t13-/m1/s1. The van der Waals surface area contributed by atoms with Crippen LogP contribution in [0.15, 0.2) is 30.3 Å². The molecule has 1 rings (SSSR count). The third kappa shape index (κ3) is 4.70. The molecule has 1 amide bonds. The van der Waals surface area contributed by atoms with Gasteiger partial charge in [0.1, 0.15) is 5.78 Å². The van der Waals surface area contributed by atoms with Gasteiger partial charge in [-0.05, 0) is 12.0 Å². The largest absolute Gasteiger partial charge is 0.355 e. The van der Waals surface area contributed by atoms with Gasteiger partial charge in [-0.3, -0.25) is 9.59 Å². The Labute approximate surface area is 109 Å². The molecular formula is C15H21NO2. The Hall–Kier alpha value is -1.64. The molecule has 3 nitrogen and oxygen atoms in total. The van der Waals surface area contributed by atoms with Crippen molar-refractivity contribution in [3.63, 3.8) is 0 Å². The summed E-state index contributed by atoms with van der Waals surface area (Å²) in [5.74, 6) is 0.0834. The Kier molecular flexibility index (Phi) is 6.12. The van der Waals surface area contributed by atoms with Crippen LogP contribution < -0.4 is 5.32 Å². The number of benzene rings is 1. The van der Waals surface area contributed by atoms with Gasteiger partial charge in [0.25, 0.3) is 0 Å². The number of hydrogen-bond donors (Lipinski definition) is 1. The van der Waals surface area contributed by atoms with Crippen molar-refractivity contribution >= 4 is 11.7 Å². The number of Topliss-reactive ketones (excluding diaryl/α,β-unsaturated/α-hetero) is 1. The molecule has 0 aliphatic rings. The van der Waals surface area contributed by atoms with Gasteiger partial charge in [-0.15, -0.1) is 0 Å². The molecule has 0 spiro atoms. The summed E-state index contributed by atoms with van der Waals surface area (Å²) < 4.78 is 0. The smallest absolute Gasteiger partial charge is 0.219 e. The van der Waals surface area contributed by atoms with Crippen LogP contribution >= 0.6 is 0 Å². The molecule has 0 bridgehead atoms. The van der Waals surface area contributed by atoms with Crippen LogP contribution in [-0.4, -0.2) is 18.2 Å². The molecule has 98 valence electrons. The molecule has 0 aliphatic carbocycles. The van der Waals surface area contributed by atoms with Crippen molar-refractivity contribution in [3.05, 3.63) is 35.9 Å². The van der Waals surface area contributed by atoms with Crippen LogP contribution in [0.2, 0.25) is 0 Å². The van der Waals surface area contributed by atoms with Gasteiger partial charge in [-0.2, -0.15) is 0 Å². The Bertz CT molecular complexity index is 387. The highest BCUT2D eigenvalue weighted by Crippen LogP contribution is 2.11. The predicted molar refractivity (Wildman–Crippen MR) is 72.2 cm³/mol. The second-order valence-electron chi connectivity index (χ2n) is 4.36. The summed E-state index contributed by atoms with van der Waals surface area (Å²) in [6.45, 7) is 4.11. The summed E-state index contributed by atoms with van der Waals surface area (Å²) in [6, 6.07) is 9.91. The first kappa shape index (κ1) is 14.4. The maximum atomic E-state index is 11.9. The van der Waals surface area contributed by atoms with Gasteiger partial charge in [0.05, 0.1) is 0 Å². The molecule has 3 heteroatoms. The molecule has 0 unspecified atom stereocenters. The fraction of sp³-hybridized carbons (Fsp3) is 0.467. The van der Waals surface area contributed by atoms with Crippen LogP contribution in [0.25, 0.3) is 0 Å². The Morgan fingerprint density at radius 2 is 1.78 bits per heavy atom. The summed E-state index contributed by atoms with van der Waals surface area (Å²) in [7, 11) is 0. The third-order valence-electron chi connectivity index (χ3n) is 3.00. The fourth-order valence-electron chi connectivity index (χ4n) is 1.85. The van der Waals surface area contributed by atoms with Gasteiger partial charge < -0.3 is 5.32 Å². The average Bonchev–Trinajstić information content (AvgIpc) is 2.43. The number of nitrogens with one attached hydrogen (secondary N) is 1. The van der Waals surface area contributed by atoms with E-state index in [9.17, 15) is 9.59 Å². The fourth-order valence-corrected chi connectivity index (χ4v) is 1.85. The molecule has 18 heavy (non-hydrogen) atoms. The highest BCUT2D eigenvalue weighted by Gasteiger charge is 2.17. The minimum atomic E-state index is -0.118. The van der Waals surface area contributed by atoms with Crippen molar-refractivity contribution in [2.75, 3.05) is 6.54 Å². The summed E-state index contributed by atoms with van der Waals surface area (Å²) in [5.41, 5.74) is 1.13. The van der Waals surface area contributed by atoms with Crippen LogP contribution in [0.4, 0.5) is 0 Å². The first-order valence-corrected chi connectivity index (χ1v) is 6.50. The molecule has 1 atom stereocenters. The Morgan fingerprint density at radius 3 is 2.33 bits per heavy atom. The van der Waals surface area contributed by atoms with Crippen molar-refractivity contribution in [2.45, 2.75) is 33.1 Å². The quantitative estimate of drug-likeness (QED) is 0.804. The maximum absolute atomic E-state index is 11.9. The highest BCUT2D eigenvalue weighted by molar-refractivity contribution is 5.82. The molecule has 0 radical (unpaired) electrons. The second kappa shape index (κ2) is 7.64. The minimum absolute atomic E-state index is 0.00281. The zero-order valence-electron chi connectivity index (χ0n) is 11.1. The van der Waals surface area contributed by atoms with Gasteiger partial charge >= 0.3 is 0 Å². The average molecular weight is 247 g/mol. The lowest BCUT2D eigenvalue weighted by Gasteiger charge is -2.15. The van der Waals surface area contributed by atoms with Crippen LogP contribution in [-0.2, 0) is 16.0 Å². The SMILES string of the molecule is CCC(=O)NC[C@@H](Cc1ccccc1)C(=O)CC. The monoisotopic (exact) mass is 247 g/mol. The lowest BCUT2D eigenvalue weighted by Crippen LogP contribution is -2.33. The summed E-state index contributed by atoms with van der Waals surface area (Å²) >= 11 is 0. The van der Waals surface area contributed by atoms with E-state index in [-0.39, 0.29) is 17.6 Å². The van der Waals surface area contributed by atoms with Crippen LogP contribution in [0.5, 0.6) is 0 Å². The van der Waals surface area contributed by atoms with E-state index in [4.69, 9.17) is 0 Å². The lowest BCUT2D eigenvalue weighted by atomic mass is 9.94. The normalized spacial score (nSPS) is 11.9. The number of amides is 1.